The van der Waals surface area contributed by atoms with Crippen molar-refractivity contribution in [2.24, 2.45) is 48.7 Å². The van der Waals surface area contributed by atoms with Gasteiger partial charge in [0.1, 0.15) is 38.0 Å². The Balaban J connectivity index is -0.000000258. The SMILES string of the molecule is CC(=O)CCCCC(C)(C)C.CC(=O)CCOCCOCCC(C)(C)C.CC(=O)COC1CC2(C1)CC(OC(C)(C)C)C2.CC(=O)COCCCCCCC(C)(C)C.CC(=O)COCCOCCC(C)(C)C.CC(=O)COCCOCCCC(C)(C)C.CC(=O)OCCCCCC(C)(C)C.CCCOCCOCCC(C)(C)C.CCCO[C@@H](C)[C@H](C)OCCC(C)(C)C. The highest BCUT2D eigenvalue weighted by atomic mass is 16.6. The largest absolute Gasteiger partial charge is 0.466 e. The standard InChI is InChI=1S/C14H24O3.C13H28O2.C13H26O2.2C12H24O3.C11H22O3.C11H22O2.C11H24O2.C10H20O/c1-10(15)9-16-11-5-14(6-11)7-12(8-14)17-13(2,3)4;1-7-9-14-11(2)12(3)15-10-8-13(4,5)6;1-12(14)11-15-10-8-6-5-7-9-13(2,3)4;1-11(13)5-7-14-9-10-15-8-6-12(2,3)4;1-11(13)10-15-9-8-14-7-5-6-12(2,3)4;1-10(12)9-14-8-7-13-6-5-11(2,3)4;1-10(12)13-9-7-5-6-8-11(2,3)4;1-5-7-12-9-10-13-8-6-11(2,3)4;1-9(11)7-5-6-8-10(2,3)4/h11-12H,5-9H2,1-4H3;11-12H,7-10H2,1-6H3;5-11H2,1-4H3;2*5-10H2,1-4H3;5-9H2,1-4H3;5-9H2,1-4H3;5-10H2,1-4H3;5-8H2,1-4H3/t;11-,12-;;;;;;;/m.0......./s1. The molecule has 0 aromatic rings. The minimum Gasteiger partial charge on any atom is -0.466 e. The van der Waals surface area contributed by atoms with Crippen LogP contribution in [0.15, 0.2) is 0 Å². The van der Waals surface area contributed by atoms with E-state index >= 15 is 0 Å². The topological polar surface area (TPSA) is 249 Å². The molecule has 2 rings (SSSR count). The van der Waals surface area contributed by atoms with Crippen LogP contribution in [0.5, 0.6) is 0 Å². The number of unbranched alkanes of at least 4 members (excludes halogenated alkanes) is 6. The normalized spacial score (nSPS) is 15.5. The first-order chi connectivity index (χ1) is 58.7. The van der Waals surface area contributed by atoms with Crippen molar-refractivity contribution in [2.75, 3.05) is 145 Å². The highest BCUT2D eigenvalue weighted by Crippen LogP contribution is 2.58. The van der Waals surface area contributed by atoms with E-state index in [1.807, 2.05) is 0 Å². The second kappa shape index (κ2) is 81.2. The number of ether oxygens (including phenoxy) is 14. The van der Waals surface area contributed by atoms with Gasteiger partial charge in [0.25, 0.3) is 0 Å². The molecule has 2 saturated carbocycles. The van der Waals surface area contributed by atoms with Crippen LogP contribution >= 0.6 is 0 Å². The van der Waals surface area contributed by atoms with Gasteiger partial charge in [0, 0.05) is 72.6 Å². The summed E-state index contributed by atoms with van der Waals surface area (Å²) in [6, 6.07) is 0. The maximum atomic E-state index is 10.8. The first-order valence-corrected chi connectivity index (χ1v) is 49.5. The molecule has 768 valence electrons. The molecule has 128 heavy (non-hydrogen) atoms. The Morgan fingerprint density at radius 3 is 0.891 bits per heavy atom. The number of esters is 1. The predicted octanol–water partition coefficient (Wildman–Crippen LogP) is 26.1. The minimum atomic E-state index is -0.171. The Hall–Kier alpha value is -3.03. The molecular formula is C107H214O21. The highest BCUT2D eigenvalue weighted by molar-refractivity contribution is 5.78. The van der Waals surface area contributed by atoms with E-state index in [4.69, 9.17) is 66.3 Å². The maximum Gasteiger partial charge on any atom is 0.302 e. The zero-order chi connectivity index (χ0) is 100. The van der Waals surface area contributed by atoms with Gasteiger partial charge in [-0.1, -0.05) is 219 Å². The molecular weight excluding hydrogens is 1620 g/mol. The number of carbonyl (C=O) groups is 7. The summed E-state index contributed by atoms with van der Waals surface area (Å²) in [5, 5.41) is 0. The van der Waals surface area contributed by atoms with E-state index in [-0.39, 0.29) is 79.1 Å². The first-order valence-electron chi connectivity index (χ1n) is 49.5. The summed E-state index contributed by atoms with van der Waals surface area (Å²) in [4.78, 5) is 73.9. The lowest BCUT2D eigenvalue weighted by atomic mass is 9.53. The first kappa shape index (κ1) is 138. The molecule has 2 fully saturated rings. The number of hydrogen-bond acceptors (Lipinski definition) is 21. The van der Waals surface area contributed by atoms with Gasteiger partial charge in [-0.25, -0.2) is 0 Å². The van der Waals surface area contributed by atoms with Crippen LogP contribution in [0.4, 0.5) is 0 Å². The number of ketones is 6. The Morgan fingerprint density at radius 1 is 0.266 bits per heavy atom. The lowest BCUT2D eigenvalue weighted by Gasteiger charge is -2.57. The molecule has 0 aromatic heterocycles. The van der Waals surface area contributed by atoms with Crippen LogP contribution in [0.3, 0.4) is 0 Å². The Bertz CT molecular complexity index is 2480. The molecule has 0 unspecified atom stereocenters. The van der Waals surface area contributed by atoms with Crippen molar-refractivity contribution >= 4 is 40.7 Å². The number of rotatable bonds is 58. The van der Waals surface area contributed by atoms with E-state index in [2.05, 4.69) is 215 Å². The summed E-state index contributed by atoms with van der Waals surface area (Å²) < 4.78 is 75.1. The Labute approximate surface area is 790 Å². The van der Waals surface area contributed by atoms with Gasteiger partial charge in [0.05, 0.1) is 96.1 Å². The van der Waals surface area contributed by atoms with E-state index in [0.717, 1.165) is 156 Å². The lowest BCUT2D eigenvalue weighted by molar-refractivity contribution is -0.201. The number of Topliss-reactive ketones (excluding diaryl/α,β-unsaturated/α-hetero) is 6. The van der Waals surface area contributed by atoms with E-state index < -0.39 is 0 Å². The molecule has 2 aliphatic carbocycles. The molecule has 0 bridgehead atoms. The van der Waals surface area contributed by atoms with Gasteiger partial charge in [-0.2, -0.15) is 0 Å². The van der Waals surface area contributed by atoms with E-state index in [9.17, 15) is 33.6 Å². The second-order valence-corrected chi connectivity index (χ2v) is 46.2. The summed E-state index contributed by atoms with van der Waals surface area (Å²) in [5.74, 6) is 0.664. The van der Waals surface area contributed by atoms with E-state index in [1.165, 1.54) is 91.4 Å². The molecule has 0 amide bonds. The van der Waals surface area contributed by atoms with Gasteiger partial charge in [-0.05, 0) is 240 Å². The van der Waals surface area contributed by atoms with Gasteiger partial charge >= 0.3 is 5.97 Å². The van der Waals surface area contributed by atoms with E-state index in [1.54, 1.807) is 27.7 Å². The van der Waals surface area contributed by atoms with Gasteiger partial charge < -0.3 is 71.1 Å². The molecule has 1 spiro atoms. The summed E-state index contributed by atoms with van der Waals surface area (Å²) in [5.41, 5.74) is 3.54. The quantitative estimate of drug-likeness (QED) is 0.0405. The highest BCUT2D eigenvalue weighted by Gasteiger charge is 2.54. The zero-order valence-corrected chi connectivity index (χ0v) is 91.3. The fourth-order valence-electron chi connectivity index (χ4n) is 11.5. The minimum absolute atomic E-state index is 0.0272. The maximum absolute atomic E-state index is 10.8. The molecule has 0 aromatic carbocycles. The molecule has 0 radical (unpaired) electrons. The van der Waals surface area contributed by atoms with Crippen molar-refractivity contribution in [1.29, 1.82) is 0 Å². The van der Waals surface area contributed by atoms with Crippen LogP contribution in [-0.4, -0.2) is 216 Å². The molecule has 0 aliphatic heterocycles. The Morgan fingerprint density at radius 2 is 0.547 bits per heavy atom. The summed E-state index contributed by atoms with van der Waals surface area (Å²) in [7, 11) is 0. The predicted molar refractivity (Wildman–Crippen MR) is 533 cm³/mol. The van der Waals surface area contributed by atoms with Crippen LogP contribution in [0.1, 0.15) is 430 Å². The van der Waals surface area contributed by atoms with E-state index in [0.29, 0.717) is 126 Å². The second-order valence-electron chi connectivity index (χ2n) is 46.2. The summed E-state index contributed by atoms with van der Waals surface area (Å²) in [6.45, 7) is 92.3. The van der Waals surface area contributed by atoms with Crippen molar-refractivity contribution in [1.82, 2.24) is 0 Å². The fraction of sp³-hybridized carbons (Fsp3) is 0.935. The van der Waals surface area contributed by atoms with Crippen molar-refractivity contribution in [3.63, 3.8) is 0 Å². The molecule has 21 nitrogen and oxygen atoms in total. The third kappa shape index (κ3) is 134. The van der Waals surface area contributed by atoms with Crippen molar-refractivity contribution in [3.05, 3.63) is 0 Å². The van der Waals surface area contributed by atoms with Crippen LogP contribution in [-0.2, 0) is 99.9 Å². The third-order valence-corrected chi connectivity index (χ3v) is 19.3. The van der Waals surface area contributed by atoms with Crippen LogP contribution in [0, 0.1) is 48.7 Å². The summed E-state index contributed by atoms with van der Waals surface area (Å²) >= 11 is 0. The van der Waals surface area contributed by atoms with Crippen LogP contribution in [0.25, 0.3) is 0 Å². The molecule has 2 atom stereocenters. The number of hydrogen-bond donors (Lipinski definition) is 0. The molecule has 0 N–H and O–H groups in total. The Kier molecular flexibility index (Phi) is 87.5. The zero-order valence-electron chi connectivity index (χ0n) is 91.3. The van der Waals surface area contributed by atoms with Crippen molar-refractivity contribution in [3.8, 4) is 0 Å². The average molecular weight is 1840 g/mol. The van der Waals surface area contributed by atoms with Gasteiger partial charge in [0.15, 0.2) is 23.1 Å². The van der Waals surface area contributed by atoms with Gasteiger partial charge in [-0.3, -0.25) is 28.8 Å². The summed E-state index contributed by atoms with van der Waals surface area (Å²) in [6.07, 6.45) is 29.9. The average Bonchev–Trinajstić information content (AvgIpc) is 0.742. The number of carbonyl (C=O) groups excluding carboxylic acids is 7. The fourth-order valence-corrected chi connectivity index (χ4v) is 11.5. The van der Waals surface area contributed by atoms with Crippen LogP contribution < -0.4 is 0 Å². The third-order valence-electron chi connectivity index (χ3n) is 19.3. The van der Waals surface area contributed by atoms with Crippen molar-refractivity contribution in [2.45, 2.75) is 460 Å². The van der Waals surface area contributed by atoms with Crippen LogP contribution in [0.2, 0.25) is 0 Å². The van der Waals surface area contributed by atoms with Gasteiger partial charge in [0.2, 0.25) is 0 Å². The molecule has 0 saturated heterocycles. The molecule has 21 heteroatoms. The molecule has 2 aliphatic rings. The van der Waals surface area contributed by atoms with Crippen molar-refractivity contribution < 1.29 is 99.9 Å². The molecule has 0 heterocycles. The monoisotopic (exact) mass is 1840 g/mol. The lowest BCUT2D eigenvalue weighted by Crippen LogP contribution is -2.55. The smallest absolute Gasteiger partial charge is 0.302 e. The van der Waals surface area contributed by atoms with Gasteiger partial charge in [-0.15, -0.1) is 0 Å².